The number of ether oxygens (including phenoxy) is 2. The fourth-order valence-corrected chi connectivity index (χ4v) is 2.71. The van der Waals surface area contributed by atoms with Crippen molar-refractivity contribution in [1.29, 1.82) is 0 Å². The van der Waals surface area contributed by atoms with Crippen molar-refractivity contribution in [2.45, 2.75) is 31.8 Å². The van der Waals surface area contributed by atoms with Crippen molar-refractivity contribution in [3.63, 3.8) is 0 Å². The molecule has 3 N–H and O–H groups in total. The maximum atomic E-state index is 11.8. The van der Waals surface area contributed by atoms with Gasteiger partial charge < -0.3 is 25.4 Å². The van der Waals surface area contributed by atoms with E-state index in [1.54, 1.807) is 18.2 Å². The molecule has 2 heterocycles. The van der Waals surface area contributed by atoms with Gasteiger partial charge in [-0.1, -0.05) is 11.6 Å². The molecular weight excluding hydrogens is 358 g/mol. The van der Waals surface area contributed by atoms with Gasteiger partial charge in [0.25, 0.3) is 5.88 Å². The third-order valence-electron chi connectivity index (χ3n) is 3.95. The van der Waals surface area contributed by atoms with E-state index in [2.05, 4.69) is 25.9 Å². The first-order valence-corrected chi connectivity index (χ1v) is 8.75. The molecule has 1 saturated carbocycles. The van der Waals surface area contributed by atoms with E-state index < -0.39 is 0 Å². The molecule has 0 bridgehead atoms. The molecule has 0 radical (unpaired) electrons. The monoisotopic (exact) mass is 375 g/mol. The highest BCUT2D eigenvalue weighted by Gasteiger charge is 2.24. The van der Waals surface area contributed by atoms with E-state index >= 15 is 0 Å². The number of nitrogens with zero attached hydrogens (tertiary/aromatic N) is 2. The van der Waals surface area contributed by atoms with Crippen molar-refractivity contribution in [3.8, 4) is 17.4 Å². The second-order valence-corrected chi connectivity index (χ2v) is 6.74. The molecule has 1 aliphatic carbocycles. The zero-order valence-electron chi connectivity index (χ0n) is 14.1. The third-order valence-corrected chi connectivity index (χ3v) is 4.26. The van der Waals surface area contributed by atoms with Crippen LogP contribution in [0.1, 0.15) is 19.8 Å². The fraction of sp³-hybridized carbons (Fsp3) is 0.353. The topological polar surface area (TPSA) is 97.4 Å². The lowest BCUT2D eigenvalue weighted by atomic mass is 10.3. The summed E-state index contributed by atoms with van der Waals surface area (Å²) >= 11 is 6.26. The van der Waals surface area contributed by atoms with Gasteiger partial charge in [0.05, 0.1) is 16.8 Å². The van der Waals surface area contributed by atoms with Crippen LogP contribution in [0.3, 0.4) is 0 Å². The molecule has 26 heavy (non-hydrogen) atoms. The summed E-state index contributed by atoms with van der Waals surface area (Å²) in [4.78, 5) is 20.1. The molecule has 2 aromatic rings. The number of halogens is 1. The summed E-state index contributed by atoms with van der Waals surface area (Å²) in [7, 11) is 0. The normalized spacial score (nSPS) is 18.2. The molecule has 1 aromatic heterocycles. The molecule has 0 spiro atoms. The molecule has 0 saturated heterocycles. The van der Waals surface area contributed by atoms with Gasteiger partial charge in [0.2, 0.25) is 5.75 Å². The maximum Gasteiger partial charge on any atom is 0.319 e. The lowest BCUT2D eigenvalue weighted by Crippen LogP contribution is -2.30. The lowest BCUT2D eigenvalue weighted by Gasteiger charge is -2.24. The SMILES string of the molecule is CC1COc2c(ncnc2Oc2ccc(NC(=O)NC3CC3)c(Cl)c2)N1. The van der Waals surface area contributed by atoms with Crippen molar-refractivity contribution in [1.82, 2.24) is 15.3 Å². The van der Waals surface area contributed by atoms with Crippen molar-refractivity contribution in [3.05, 3.63) is 29.5 Å². The van der Waals surface area contributed by atoms with Crippen molar-refractivity contribution < 1.29 is 14.3 Å². The Bertz CT molecular complexity index is 843. The first-order chi connectivity index (χ1) is 12.6. The molecule has 1 atom stereocenters. The van der Waals surface area contributed by atoms with Crippen LogP contribution in [0, 0.1) is 0 Å². The van der Waals surface area contributed by atoms with Crippen LogP contribution in [0.5, 0.6) is 17.4 Å². The van der Waals surface area contributed by atoms with E-state index in [0.717, 1.165) is 12.8 Å². The highest BCUT2D eigenvalue weighted by Crippen LogP contribution is 2.38. The summed E-state index contributed by atoms with van der Waals surface area (Å²) in [5.41, 5.74) is 0.508. The van der Waals surface area contributed by atoms with Crippen molar-refractivity contribution >= 4 is 29.1 Å². The number of amides is 2. The van der Waals surface area contributed by atoms with E-state index in [4.69, 9.17) is 21.1 Å². The van der Waals surface area contributed by atoms with Crippen LogP contribution in [-0.4, -0.2) is 34.7 Å². The predicted octanol–water partition coefficient (Wildman–Crippen LogP) is 3.40. The maximum absolute atomic E-state index is 11.8. The summed E-state index contributed by atoms with van der Waals surface area (Å²) < 4.78 is 11.5. The molecular formula is C17H18ClN5O3. The van der Waals surface area contributed by atoms with Gasteiger partial charge in [0.15, 0.2) is 5.82 Å². The van der Waals surface area contributed by atoms with Crippen LogP contribution in [0.4, 0.5) is 16.3 Å². The first-order valence-electron chi connectivity index (χ1n) is 8.38. The van der Waals surface area contributed by atoms with E-state index in [1.807, 2.05) is 6.92 Å². The number of carbonyl (C=O) groups excluding carboxylic acids is 1. The van der Waals surface area contributed by atoms with Crippen LogP contribution in [0.2, 0.25) is 5.02 Å². The van der Waals surface area contributed by atoms with Gasteiger partial charge in [-0.3, -0.25) is 0 Å². The number of hydrogen-bond acceptors (Lipinski definition) is 6. The highest BCUT2D eigenvalue weighted by molar-refractivity contribution is 6.33. The minimum Gasteiger partial charge on any atom is -0.483 e. The second-order valence-electron chi connectivity index (χ2n) is 6.33. The van der Waals surface area contributed by atoms with E-state index in [9.17, 15) is 4.79 Å². The zero-order valence-corrected chi connectivity index (χ0v) is 14.8. The van der Waals surface area contributed by atoms with Crippen LogP contribution in [0.15, 0.2) is 24.5 Å². The molecule has 4 rings (SSSR count). The van der Waals surface area contributed by atoms with Gasteiger partial charge in [-0.15, -0.1) is 0 Å². The Morgan fingerprint density at radius 3 is 3.00 bits per heavy atom. The second kappa shape index (κ2) is 6.87. The summed E-state index contributed by atoms with van der Waals surface area (Å²) in [5.74, 6) is 1.84. The number of nitrogens with one attached hydrogen (secondary N) is 3. The first kappa shape index (κ1) is 16.7. The largest absolute Gasteiger partial charge is 0.483 e. The van der Waals surface area contributed by atoms with Gasteiger partial charge in [0.1, 0.15) is 18.7 Å². The molecule has 2 aliphatic rings. The Hall–Kier alpha value is -2.74. The molecule has 2 amide bonds. The molecule has 1 fully saturated rings. The number of benzene rings is 1. The molecule has 1 unspecified atom stereocenters. The quantitative estimate of drug-likeness (QED) is 0.757. The van der Waals surface area contributed by atoms with Crippen LogP contribution in [-0.2, 0) is 0 Å². The van der Waals surface area contributed by atoms with E-state index in [1.165, 1.54) is 6.33 Å². The van der Waals surface area contributed by atoms with Gasteiger partial charge in [-0.2, -0.15) is 4.98 Å². The third kappa shape index (κ3) is 3.75. The van der Waals surface area contributed by atoms with E-state index in [-0.39, 0.29) is 18.1 Å². The standard InChI is InChI=1S/C17H18ClN5O3/c1-9-7-25-14-15(21-9)19-8-20-16(14)26-11-4-5-13(12(18)6-11)23-17(24)22-10-2-3-10/h4-6,8-10H,2-3,7H2,1H3,(H,19,20,21)(H2,22,23,24). The summed E-state index contributed by atoms with van der Waals surface area (Å²) in [6.07, 6.45) is 3.45. The van der Waals surface area contributed by atoms with Crippen LogP contribution >= 0.6 is 11.6 Å². The summed E-state index contributed by atoms with van der Waals surface area (Å²) in [6, 6.07) is 5.16. The minimum atomic E-state index is -0.262. The fourth-order valence-electron chi connectivity index (χ4n) is 2.49. The number of anilines is 2. The van der Waals surface area contributed by atoms with Gasteiger partial charge >= 0.3 is 6.03 Å². The van der Waals surface area contributed by atoms with Gasteiger partial charge in [-0.05, 0) is 31.9 Å². The Kier molecular flexibility index (Phi) is 4.42. The number of urea groups is 1. The summed E-state index contributed by atoms with van der Waals surface area (Å²) in [5, 5.41) is 9.15. The number of hydrogen-bond donors (Lipinski definition) is 3. The Labute approximate surface area is 155 Å². The molecule has 8 nitrogen and oxygen atoms in total. The minimum absolute atomic E-state index is 0.159. The predicted molar refractivity (Wildman–Crippen MR) is 97.3 cm³/mol. The molecule has 136 valence electrons. The Morgan fingerprint density at radius 1 is 1.38 bits per heavy atom. The Morgan fingerprint density at radius 2 is 2.23 bits per heavy atom. The van der Waals surface area contributed by atoms with Crippen LogP contribution < -0.4 is 25.4 Å². The zero-order chi connectivity index (χ0) is 18.1. The molecule has 9 heteroatoms. The Balaban J connectivity index is 1.48. The molecule has 1 aliphatic heterocycles. The van der Waals surface area contributed by atoms with E-state index in [0.29, 0.717) is 40.5 Å². The van der Waals surface area contributed by atoms with Gasteiger partial charge in [-0.25, -0.2) is 9.78 Å². The average molecular weight is 376 g/mol. The van der Waals surface area contributed by atoms with Crippen LogP contribution in [0.25, 0.3) is 0 Å². The average Bonchev–Trinajstić information content (AvgIpc) is 3.41. The highest BCUT2D eigenvalue weighted by atomic mass is 35.5. The van der Waals surface area contributed by atoms with Gasteiger partial charge in [0, 0.05) is 12.1 Å². The number of fused-ring (bicyclic) bond motifs is 1. The van der Waals surface area contributed by atoms with Crippen molar-refractivity contribution in [2.24, 2.45) is 0 Å². The summed E-state index contributed by atoms with van der Waals surface area (Å²) in [6.45, 7) is 2.49. The lowest BCUT2D eigenvalue weighted by molar-refractivity contribution is 0.251. The number of carbonyl (C=O) groups is 1. The number of rotatable bonds is 4. The molecule has 1 aromatic carbocycles. The smallest absolute Gasteiger partial charge is 0.319 e. The number of aromatic nitrogens is 2. The van der Waals surface area contributed by atoms with Crippen molar-refractivity contribution in [2.75, 3.05) is 17.2 Å².